The van der Waals surface area contributed by atoms with Crippen LogP contribution in [0.2, 0.25) is 0 Å². The van der Waals surface area contributed by atoms with Crippen LogP contribution in [-0.4, -0.2) is 25.2 Å². The van der Waals surface area contributed by atoms with Crippen LogP contribution in [-0.2, 0) is 6.18 Å². The third-order valence-electron chi connectivity index (χ3n) is 3.26. The highest BCUT2D eigenvalue weighted by atomic mass is 32.2. The van der Waals surface area contributed by atoms with Crippen molar-refractivity contribution in [3.63, 3.8) is 0 Å². The van der Waals surface area contributed by atoms with Crippen LogP contribution in [0.15, 0.2) is 39.7 Å². The average Bonchev–Trinajstić information content (AvgIpc) is 2.95. The fourth-order valence-corrected chi connectivity index (χ4v) is 2.52. The first kappa shape index (κ1) is 19.1. The number of furan rings is 1. The Morgan fingerprint density at radius 1 is 1.28 bits per heavy atom. The molecule has 1 aromatic heterocycles. The number of halogens is 3. The predicted molar refractivity (Wildman–Crippen MR) is 91.4 cm³/mol. The lowest BCUT2D eigenvalue weighted by molar-refractivity contribution is -0.137. The van der Waals surface area contributed by atoms with Crippen LogP contribution < -0.4 is 10.0 Å². The van der Waals surface area contributed by atoms with Crippen LogP contribution in [0, 0.1) is 6.92 Å². The topological polar surface area (TPSA) is 66.6 Å². The third-order valence-corrected chi connectivity index (χ3v) is 3.94. The number of carbonyl (C=O) groups excluding carboxylic acids is 1. The Labute approximate surface area is 146 Å². The van der Waals surface area contributed by atoms with E-state index in [1.54, 1.807) is 14.0 Å². The van der Waals surface area contributed by atoms with Crippen LogP contribution >= 0.6 is 11.9 Å². The van der Waals surface area contributed by atoms with E-state index in [1.165, 1.54) is 25.2 Å². The summed E-state index contributed by atoms with van der Waals surface area (Å²) in [6.07, 6.45) is -4.45. The number of hydrogen-bond acceptors (Lipinski definition) is 5. The van der Waals surface area contributed by atoms with Gasteiger partial charge in [0.15, 0.2) is 5.17 Å². The number of carbonyl (C=O) groups is 1. The Hall–Kier alpha value is -2.26. The molecule has 134 valence electrons. The number of amidine groups is 1. The molecule has 0 bridgehead atoms. The lowest BCUT2D eigenvalue weighted by Crippen LogP contribution is -2.30. The van der Waals surface area contributed by atoms with Crippen LogP contribution in [0.4, 0.5) is 13.2 Å². The van der Waals surface area contributed by atoms with Gasteiger partial charge in [0, 0.05) is 12.6 Å². The highest BCUT2D eigenvalue weighted by molar-refractivity contribution is 8.12. The van der Waals surface area contributed by atoms with E-state index in [4.69, 9.17) is 4.42 Å². The molecule has 0 radical (unpaired) electrons. The van der Waals surface area contributed by atoms with Gasteiger partial charge in [0.1, 0.15) is 11.5 Å². The van der Waals surface area contributed by atoms with E-state index in [0.29, 0.717) is 10.9 Å². The van der Waals surface area contributed by atoms with E-state index in [9.17, 15) is 18.0 Å². The molecule has 0 unspecified atom stereocenters. The largest absolute Gasteiger partial charge is 0.461 e. The Kier molecular flexibility index (Phi) is 5.91. The molecule has 2 N–H and O–H groups in total. The van der Waals surface area contributed by atoms with E-state index in [0.717, 1.165) is 24.1 Å². The van der Waals surface area contributed by atoms with Gasteiger partial charge >= 0.3 is 6.18 Å². The number of aryl methyl sites for hydroxylation is 1. The first-order chi connectivity index (χ1) is 11.8. The lowest BCUT2D eigenvalue weighted by Gasteiger charge is -2.07. The fraction of sp³-hybridized carbons (Fsp3) is 0.250. The smallest absolute Gasteiger partial charge is 0.416 e. The number of nitrogens with one attached hydrogen (secondary N) is 2. The number of alkyl halides is 3. The van der Waals surface area contributed by atoms with E-state index in [1.807, 2.05) is 0 Å². The average molecular weight is 371 g/mol. The number of hydrogen-bond donors (Lipinski definition) is 2. The molecule has 0 aliphatic rings. The summed E-state index contributed by atoms with van der Waals surface area (Å²) in [5, 5.41) is 2.95. The maximum absolute atomic E-state index is 12.8. The van der Waals surface area contributed by atoms with Crippen molar-refractivity contribution in [1.82, 2.24) is 10.0 Å². The summed E-state index contributed by atoms with van der Waals surface area (Å²) in [5.41, 5.74) is -0.313. The van der Waals surface area contributed by atoms with Crippen molar-refractivity contribution in [1.29, 1.82) is 0 Å². The zero-order valence-electron chi connectivity index (χ0n) is 13.7. The van der Waals surface area contributed by atoms with Gasteiger partial charge in [-0.2, -0.15) is 13.2 Å². The molecule has 9 heteroatoms. The van der Waals surface area contributed by atoms with Crippen LogP contribution in [0.25, 0.3) is 11.3 Å². The zero-order valence-corrected chi connectivity index (χ0v) is 14.5. The molecule has 5 nitrogen and oxygen atoms in total. The minimum Gasteiger partial charge on any atom is -0.461 e. The number of aliphatic imine (C=N–C) groups is 1. The molecule has 1 aromatic carbocycles. The standard InChI is InChI=1S/C16H16F3N3O2S/c1-9-12(14(23)22-15(20-2)25-21-3)8-13(24-9)10-5-4-6-11(7-10)16(17,18)19/h4-8,21H,1-3H3,(H,20,22,23). The van der Waals surface area contributed by atoms with Gasteiger partial charge in [-0.3, -0.25) is 14.5 Å². The third kappa shape index (κ3) is 4.64. The summed E-state index contributed by atoms with van der Waals surface area (Å²) < 4.78 is 46.8. The van der Waals surface area contributed by atoms with Crippen LogP contribution in [0.5, 0.6) is 0 Å². The van der Waals surface area contributed by atoms with Crippen molar-refractivity contribution < 1.29 is 22.4 Å². The molecule has 2 rings (SSSR count). The second-order valence-corrected chi connectivity index (χ2v) is 5.95. The first-order valence-electron chi connectivity index (χ1n) is 7.16. The molecule has 0 aliphatic carbocycles. The Bertz CT molecular complexity index is 800. The first-order valence-corrected chi connectivity index (χ1v) is 7.97. The van der Waals surface area contributed by atoms with Crippen LogP contribution in [0.3, 0.4) is 0 Å². The molecule has 1 amide bonds. The minimum absolute atomic E-state index is 0.185. The highest BCUT2D eigenvalue weighted by Gasteiger charge is 2.30. The Morgan fingerprint density at radius 3 is 2.60 bits per heavy atom. The highest BCUT2D eigenvalue weighted by Crippen LogP contribution is 2.33. The van der Waals surface area contributed by atoms with E-state index >= 15 is 0 Å². The van der Waals surface area contributed by atoms with Gasteiger partial charge in [-0.1, -0.05) is 12.1 Å². The van der Waals surface area contributed by atoms with Crippen molar-refractivity contribution in [2.24, 2.45) is 4.99 Å². The van der Waals surface area contributed by atoms with Gasteiger partial charge in [-0.15, -0.1) is 0 Å². The monoisotopic (exact) mass is 371 g/mol. The van der Waals surface area contributed by atoms with E-state index < -0.39 is 17.6 Å². The maximum atomic E-state index is 12.8. The number of amides is 1. The molecule has 0 aliphatic heterocycles. The molecule has 25 heavy (non-hydrogen) atoms. The summed E-state index contributed by atoms with van der Waals surface area (Å²) in [5.74, 6) is 0.0302. The molecular weight excluding hydrogens is 355 g/mol. The molecule has 0 saturated carbocycles. The Morgan fingerprint density at radius 2 is 2.00 bits per heavy atom. The summed E-state index contributed by atoms with van der Waals surface area (Å²) in [6.45, 7) is 1.57. The van der Waals surface area contributed by atoms with Crippen molar-refractivity contribution in [3.05, 3.63) is 47.2 Å². The second-order valence-electron chi connectivity index (χ2n) is 4.95. The molecule has 0 spiro atoms. The summed E-state index contributed by atoms with van der Waals surface area (Å²) >= 11 is 1.13. The molecule has 1 heterocycles. The number of nitrogens with zero attached hydrogens (tertiary/aromatic N) is 1. The lowest BCUT2D eigenvalue weighted by atomic mass is 10.1. The molecule has 0 atom stereocenters. The zero-order chi connectivity index (χ0) is 18.6. The minimum atomic E-state index is -4.45. The quantitative estimate of drug-likeness (QED) is 0.489. The molecular formula is C16H16F3N3O2S. The van der Waals surface area contributed by atoms with Crippen molar-refractivity contribution in [3.8, 4) is 11.3 Å². The Balaban J connectivity index is 2.30. The number of rotatable bonds is 3. The van der Waals surface area contributed by atoms with Gasteiger partial charge in [0.2, 0.25) is 0 Å². The molecule has 0 fully saturated rings. The predicted octanol–water partition coefficient (Wildman–Crippen LogP) is 3.86. The van der Waals surface area contributed by atoms with Gasteiger partial charge < -0.3 is 9.73 Å². The maximum Gasteiger partial charge on any atom is 0.416 e. The molecule has 0 saturated heterocycles. The van der Waals surface area contributed by atoms with Crippen molar-refractivity contribution in [2.45, 2.75) is 13.1 Å². The van der Waals surface area contributed by atoms with E-state index in [-0.39, 0.29) is 16.9 Å². The van der Waals surface area contributed by atoms with Crippen molar-refractivity contribution in [2.75, 3.05) is 14.1 Å². The van der Waals surface area contributed by atoms with Gasteiger partial charge in [0.25, 0.3) is 5.91 Å². The SMILES string of the molecule is CN=C(NC(=O)c1cc(-c2cccc(C(F)(F)F)c2)oc1C)SNC. The van der Waals surface area contributed by atoms with E-state index in [2.05, 4.69) is 15.0 Å². The van der Waals surface area contributed by atoms with Crippen molar-refractivity contribution >= 4 is 23.0 Å². The van der Waals surface area contributed by atoms with Crippen LogP contribution in [0.1, 0.15) is 21.7 Å². The second kappa shape index (κ2) is 7.75. The van der Waals surface area contributed by atoms with Gasteiger partial charge in [-0.05, 0) is 44.1 Å². The fourth-order valence-electron chi connectivity index (χ4n) is 2.09. The normalized spacial score (nSPS) is 12.3. The van der Waals surface area contributed by atoms with Gasteiger partial charge in [0.05, 0.1) is 11.1 Å². The molecule has 2 aromatic rings. The van der Waals surface area contributed by atoms with Gasteiger partial charge in [-0.25, -0.2) is 0 Å². The summed E-state index contributed by atoms with van der Waals surface area (Å²) in [6, 6.07) is 6.16. The number of benzene rings is 1. The summed E-state index contributed by atoms with van der Waals surface area (Å²) in [4.78, 5) is 16.2. The summed E-state index contributed by atoms with van der Waals surface area (Å²) in [7, 11) is 3.20.